The number of anilines is 2. The zero-order valence-electron chi connectivity index (χ0n) is 26.2. The Hall–Kier alpha value is -5.23. The standard InChI is InChI=1S/C35H36FN9O2/c1-2-35(34(47)40-26-7-10-29-28(20-26)32(42-41-29)25-6-11-30(36)39-21-25)12-15-43(23-35)22-31(46)45-18-16-44(17-19-45)27-8-4-24(5-9-27)33-37-13-3-14-38-33/h3-11,13-14,20-21H,2,12,15-19,22-23H2,1H3,(H,40,47)(H,41,42). The minimum atomic E-state index is -0.592. The van der Waals surface area contributed by atoms with Crippen molar-refractivity contribution >= 4 is 34.1 Å². The van der Waals surface area contributed by atoms with E-state index in [0.29, 0.717) is 68.3 Å². The van der Waals surface area contributed by atoms with Crippen LogP contribution in [0.3, 0.4) is 0 Å². The molecule has 12 heteroatoms. The van der Waals surface area contributed by atoms with E-state index in [4.69, 9.17) is 0 Å². The van der Waals surface area contributed by atoms with Gasteiger partial charge in [0.15, 0.2) is 5.82 Å². The number of halogens is 1. The average molecular weight is 634 g/mol. The number of aromatic nitrogens is 5. The summed E-state index contributed by atoms with van der Waals surface area (Å²) in [6, 6.07) is 18.5. The second-order valence-electron chi connectivity index (χ2n) is 12.2. The minimum absolute atomic E-state index is 0.0544. The molecule has 0 saturated carbocycles. The van der Waals surface area contributed by atoms with Crippen molar-refractivity contribution in [3.63, 3.8) is 0 Å². The predicted molar refractivity (Wildman–Crippen MR) is 178 cm³/mol. The summed E-state index contributed by atoms with van der Waals surface area (Å²) in [5.41, 5.74) is 4.26. The molecule has 2 aliphatic heterocycles. The predicted octanol–water partition coefficient (Wildman–Crippen LogP) is 4.61. The summed E-state index contributed by atoms with van der Waals surface area (Å²) in [4.78, 5) is 45.8. The number of hydrogen-bond acceptors (Lipinski definition) is 8. The number of hydrogen-bond donors (Lipinski definition) is 2. The van der Waals surface area contributed by atoms with Crippen LogP contribution in [0.5, 0.6) is 0 Å². The monoisotopic (exact) mass is 633 g/mol. The number of piperazine rings is 1. The number of carbonyl (C=O) groups is 2. The van der Waals surface area contributed by atoms with Crippen LogP contribution in [0.4, 0.5) is 15.8 Å². The first-order valence-corrected chi connectivity index (χ1v) is 15.9. The van der Waals surface area contributed by atoms with Gasteiger partial charge in [0, 0.05) is 79.2 Å². The fraction of sp³-hybridized carbons (Fsp3) is 0.314. The number of likely N-dealkylation sites (tertiary alicyclic amines) is 1. The van der Waals surface area contributed by atoms with Crippen molar-refractivity contribution in [2.75, 3.05) is 56.0 Å². The molecule has 11 nitrogen and oxygen atoms in total. The fourth-order valence-electron chi connectivity index (χ4n) is 6.59. The van der Waals surface area contributed by atoms with Crippen molar-refractivity contribution in [1.29, 1.82) is 0 Å². The Morgan fingerprint density at radius 2 is 1.70 bits per heavy atom. The molecule has 7 rings (SSSR count). The summed E-state index contributed by atoms with van der Waals surface area (Å²) in [5.74, 6) is 0.189. The maximum Gasteiger partial charge on any atom is 0.236 e. The molecule has 5 aromatic rings. The van der Waals surface area contributed by atoms with Gasteiger partial charge in [-0.2, -0.15) is 9.49 Å². The molecule has 2 aromatic carbocycles. The first kappa shape index (κ1) is 30.4. The summed E-state index contributed by atoms with van der Waals surface area (Å²) in [6.07, 6.45) is 6.26. The van der Waals surface area contributed by atoms with E-state index in [1.54, 1.807) is 24.5 Å². The Kier molecular flexibility index (Phi) is 8.33. The van der Waals surface area contributed by atoms with Crippen molar-refractivity contribution in [3.8, 4) is 22.6 Å². The second-order valence-corrected chi connectivity index (χ2v) is 12.2. The van der Waals surface area contributed by atoms with Gasteiger partial charge in [0.2, 0.25) is 17.8 Å². The summed E-state index contributed by atoms with van der Waals surface area (Å²) in [5, 5.41) is 11.3. The van der Waals surface area contributed by atoms with E-state index >= 15 is 0 Å². The largest absolute Gasteiger partial charge is 0.368 e. The number of nitrogens with one attached hydrogen (secondary N) is 2. The lowest BCUT2D eigenvalue weighted by Crippen LogP contribution is -2.51. The molecule has 2 N–H and O–H groups in total. The van der Waals surface area contributed by atoms with Crippen LogP contribution in [-0.2, 0) is 9.59 Å². The number of rotatable bonds is 8. The zero-order chi connectivity index (χ0) is 32.4. The Morgan fingerprint density at radius 1 is 0.936 bits per heavy atom. The van der Waals surface area contributed by atoms with Crippen LogP contribution in [0.1, 0.15) is 19.8 Å². The van der Waals surface area contributed by atoms with Crippen molar-refractivity contribution in [3.05, 3.63) is 85.2 Å². The van der Waals surface area contributed by atoms with Crippen molar-refractivity contribution in [1.82, 2.24) is 34.9 Å². The van der Waals surface area contributed by atoms with Gasteiger partial charge in [0.1, 0.15) is 5.69 Å². The smallest absolute Gasteiger partial charge is 0.236 e. The molecule has 0 spiro atoms. The van der Waals surface area contributed by atoms with Crippen LogP contribution in [0.15, 0.2) is 79.3 Å². The summed E-state index contributed by atoms with van der Waals surface area (Å²) < 4.78 is 13.4. The van der Waals surface area contributed by atoms with E-state index in [2.05, 4.69) is 52.4 Å². The summed E-state index contributed by atoms with van der Waals surface area (Å²) >= 11 is 0. The summed E-state index contributed by atoms with van der Waals surface area (Å²) in [6.45, 7) is 6.37. The third-order valence-electron chi connectivity index (χ3n) is 9.46. The molecule has 1 atom stereocenters. The molecule has 3 aromatic heterocycles. The number of H-pyrrole nitrogens is 1. The molecular weight excluding hydrogens is 597 g/mol. The van der Waals surface area contributed by atoms with Crippen LogP contribution >= 0.6 is 0 Å². The van der Waals surface area contributed by atoms with Crippen molar-refractivity contribution < 1.29 is 14.0 Å². The number of aromatic amines is 1. The first-order chi connectivity index (χ1) is 22.9. The lowest BCUT2D eigenvalue weighted by atomic mass is 9.83. The lowest BCUT2D eigenvalue weighted by Gasteiger charge is -2.37. The molecule has 2 amide bonds. The normalized spacial score (nSPS) is 18.5. The van der Waals surface area contributed by atoms with Crippen LogP contribution < -0.4 is 10.2 Å². The maximum absolute atomic E-state index is 13.7. The van der Waals surface area contributed by atoms with Crippen molar-refractivity contribution in [2.45, 2.75) is 19.8 Å². The van der Waals surface area contributed by atoms with Crippen LogP contribution in [-0.4, -0.2) is 92.6 Å². The van der Waals surface area contributed by atoms with Gasteiger partial charge < -0.3 is 15.1 Å². The quantitative estimate of drug-likeness (QED) is 0.238. The van der Waals surface area contributed by atoms with E-state index in [-0.39, 0.29) is 11.8 Å². The lowest BCUT2D eigenvalue weighted by molar-refractivity contribution is -0.133. The van der Waals surface area contributed by atoms with E-state index in [1.165, 1.54) is 12.3 Å². The van der Waals surface area contributed by atoms with E-state index in [1.807, 2.05) is 42.2 Å². The number of benzene rings is 2. The molecule has 2 aliphatic rings. The first-order valence-electron chi connectivity index (χ1n) is 15.9. The van der Waals surface area contributed by atoms with Crippen LogP contribution in [0.2, 0.25) is 0 Å². The Balaban J connectivity index is 0.939. The maximum atomic E-state index is 13.7. The highest BCUT2D eigenvalue weighted by atomic mass is 19.1. The molecule has 1 unspecified atom stereocenters. The number of amides is 2. The Bertz CT molecular complexity index is 1870. The molecule has 0 bridgehead atoms. The van der Waals surface area contributed by atoms with Crippen LogP contribution in [0.25, 0.3) is 33.5 Å². The number of carbonyl (C=O) groups excluding carboxylic acids is 2. The SMILES string of the molecule is CCC1(C(=O)Nc2ccc3[nH]nc(-c4ccc(F)nc4)c3c2)CCN(CC(=O)N2CCN(c3ccc(-c4ncccn4)cc3)CC2)C1. The molecule has 5 heterocycles. The highest BCUT2D eigenvalue weighted by Gasteiger charge is 2.43. The molecular formula is C35H36FN9O2. The topological polar surface area (TPSA) is 123 Å². The molecule has 0 aliphatic carbocycles. The van der Waals surface area contributed by atoms with Gasteiger partial charge in [-0.25, -0.2) is 15.0 Å². The fourth-order valence-corrected chi connectivity index (χ4v) is 6.59. The number of fused-ring (bicyclic) bond motifs is 1. The molecule has 47 heavy (non-hydrogen) atoms. The second kappa shape index (κ2) is 12.9. The Morgan fingerprint density at radius 3 is 2.43 bits per heavy atom. The highest BCUT2D eigenvalue weighted by molar-refractivity contribution is 6.00. The molecule has 2 saturated heterocycles. The van der Waals surface area contributed by atoms with Gasteiger partial charge in [0.25, 0.3) is 0 Å². The Labute approximate surface area is 271 Å². The molecule has 240 valence electrons. The minimum Gasteiger partial charge on any atom is -0.368 e. The zero-order valence-corrected chi connectivity index (χ0v) is 26.2. The third kappa shape index (κ3) is 6.28. The number of nitrogens with zero attached hydrogens (tertiary/aromatic N) is 7. The van der Waals surface area contributed by atoms with Gasteiger partial charge in [0.05, 0.1) is 17.5 Å². The van der Waals surface area contributed by atoms with E-state index in [0.717, 1.165) is 35.2 Å². The van der Waals surface area contributed by atoms with Gasteiger partial charge in [-0.15, -0.1) is 0 Å². The van der Waals surface area contributed by atoms with Gasteiger partial charge in [-0.1, -0.05) is 6.92 Å². The number of pyridine rings is 1. The molecule has 0 radical (unpaired) electrons. The highest BCUT2D eigenvalue weighted by Crippen LogP contribution is 2.36. The van der Waals surface area contributed by atoms with Crippen LogP contribution in [0, 0.1) is 11.4 Å². The van der Waals surface area contributed by atoms with Gasteiger partial charge >= 0.3 is 0 Å². The van der Waals surface area contributed by atoms with Gasteiger partial charge in [-0.05, 0) is 80.1 Å². The third-order valence-corrected chi connectivity index (χ3v) is 9.46. The van der Waals surface area contributed by atoms with E-state index in [9.17, 15) is 14.0 Å². The molecule has 2 fully saturated rings. The van der Waals surface area contributed by atoms with Gasteiger partial charge in [-0.3, -0.25) is 19.6 Å². The van der Waals surface area contributed by atoms with Crippen molar-refractivity contribution in [2.24, 2.45) is 5.41 Å². The van der Waals surface area contributed by atoms with E-state index < -0.39 is 11.4 Å². The summed E-state index contributed by atoms with van der Waals surface area (Å²) in [7, 11) is 0. The average Bonchev–Trinajstić information content (AvgIpc) is 3.74.